The van der Waals surface area contributed by atoms with Crippen molar-refractivity contribution >= 4 is 5.91 Å². The van der Waals surface area contributed by atoms with E-state index in [1.807, 2.05) is 26.0 Å². The number of benzene rings is 1. The number of carbonyl (C=O) groups is 1. The highest BCUT2D eigenvalue weighted by Gasteiger charge is 2.24. The topological polar surface area (TPSA) is 64.1 Å². The van der Waals surface area contributed by atoms with Crippen LogP contribution in [0.3, 0.4) is 0 Å². The average molecular weight is 405 g/mol. The first-order chi connectivity index (χ1) is 14.5. The molecular weight excluding hydrogens is 381 g/mol. The number of aromatic nitrogens is 2. The number of halogens is 1. The van der Waals surface area contributed by atoms with Crippen molar-refractivity contribution in [1.82, 2.24) is 15.3 Å². The lowest BCUT2D eigenvalue weighted by Gasteiger charge is -2.27. The van der Waals surface area contributed by atoms with E-state index in [9.17, 15) is 9.18 Å². The maximum absolute atomic E-state index is 14.3. The van der Waals surface area contributed by atoms with Crippen LogP contribution in [0.5, 0.6) is 5.88 Å². The minimum Gasteiger partial charge on any atom is -0.475 e. The summed E-state index contributed by atoms with van der Waals surface area (Å²) >= 11 is 0. The third kappa shape index (κ3) is 4.32. The Balaban J connectivity index is 1.51. The molecule has 1 amide bonds. The predicted molar refractivity (Wildman–Crippen MR) is 113 cm³/mol. The lowest BCUT2D eigenvalue weighted by Crippen LogP contribution is -2.39. The molecule has 0 bridgehead atoms. The molecule has 3 aromatic rings. The quantitative estimate of drug-likeness (QED) is 0.685. The summed E-state index contributed by atoms with van der Waals surface area (Å²) in [6.45, 7) is 3.85. The molecule has 4 rings (SSSR count). The van der Waals surface area contributed by atoms with Gasteiger partial charge in [-0.2, -0.15) is 0 Å². The van der Waals surface area contributed by atoms with Gasteiger partial charge < -0.3 is 10.1 Å². The second kappa shape index (κ2) is 8.61. The Hall–Kier alpha value is -3.28. The minimum atomic E-state index is -0.341. The van der Waals surface area contributed by atoms with Crippen molar-refractivity contribution in [3.8, 4) is 17.0 Å². The molecular formula is C24H24FN3O2. The lowest BCUT2D eigenvalue weighted by atomic mass is 9.83. The standard InChI is InChI=1S/C24H24FN3O2/c1-15(2)30-23-9-7-17(13-27-23)24(29)28-18-8-6-16-4-3-5-19(21(16)12-18)20-10-11-26-14-22(20)25/h3-5,7,9-11,13-15,18H,6,8,12H2,1-2H3,(H,28,29). The van der Waals surface area contributed by atoms with Gasteiger partial charge in [-0.05, 0) is 61.9 Å². The maximum atomic E-state index is 14.3. The molecule has 0 saturated heterocycles. The third-order valence-corrected chi connectivity index (χ3v) is 5.24. The summed E-state index contributed by atoms with van der Waals surface area (Å²) in [7, 11) is 0. The summed E-state index contributed by atoms with van der Waals surface area (Å²) in [6, 6.07) is 11.1. The number of hydrogen-bond donors (Lipinski definition) is 1. The van der Waals surface area contributed by atoms with Gasteiger partial charge >= 0.3 is 0 Å². The first-order valence-corrected chi connectivity index (χ1v) is 10.2. The second-order valence-corrected chi connectivity index (χ2v) is 7.76. The molecule has 1 unspecified atom stereocenters. The van der Waals surface area contributed by atoms with E-state index in [1.165, 1.54) is 18.0 Å². The number of fused-ring (bicyclic) bond motifs is 1. The molecule has 1 aliphatic carbocycles. The van der Waals surface area contributed by atoms with Crippen LogP contribution in [0.4, 0.5) is 4.39 Å². The summed E-state index contributed by atoms with van der Waals surface area (Å²) < 4.78 is 19.9. The van der Waals surface area contributed by atoms with Crippen molar-refractivity contribution in [2.45, 2.75) is 45.3 Å². The van der Waals surface area contributed by atoms with E-state index < -0.39 is 0 Å². The van der Waals surface area contributed by atoms with Crippen molar-refractivity contribution in [2.75, 3.05) is 0 Å². The molecule has 2 aromatic heterocycles. The van der Waals surface area contributed by atoms with Gasteiger partial charge in [0, 0.05) is 30.1 Å². The molecule has 1 atom stereocenters. The molecule has 154 valence electrons. The van der Waals surface area contributed by atoms with E-state index in [2.05, 4.69) is 21.4 Å². The summed E-state index contributed by atoms with van der Waals surface area (Å²) in [5.41, 5.74) is 4.18. The third-order valence-electron chi connectivity index (χ3n) is 5.24. The van der Waals surface area contributed by atoms with E-state index in [-0.39, 0.29) is 23.9 Å². The fourth-order valence-corrected chi connectivity index (χ4v) is 3.85. The Morgan fingerprint density at radius 2 is 2.03 bits per heavy atom. The van der Waals surface area contributed by atoms with Gasteiger partial charge in [0.1, 0.15) is 5.82 Å². The van der Waals surface area contributed by atoms with E-state index in [0.717, 1.165) is 24.0 Å². The molecule has 0 saturated carbocycles. The Morgan fingerprint density at radius 1 is 1.17 bits per heavy atom. The van der Waals surface area contributed by atoms with Gasteiger partial charge in [-0.1, -0.05) is 18.2 Å². The number of nitrogens with zero attached hydrogens (tertiary/aromatic N) is 2. The Labute approximate surface area is 175 Å². The van der Waals surface area contributed by atoms with Gasteiger partial charge in [0.15, 0.2) is 0 Å². The van der Waals surface area contributed by atoms with Gasteiger partial charge in [-0.15, -0.1) is 0 Å². The molecule has 2 heterocycles. The number of pyridine rings is 2. The Kier molecular flexibility index (Phi) is 5.74. The number of rotatable bonds is 5. The second-order valence-electron chi connectivity index (χ2n) is 7.76. The smallest absolute Gasteiger partial charge is 0.253 e. The SMILES string of the molecule is CC(C)Oc1ccc(C(=O)NC2CCc3cccc(-c4ccncc4F)c3C2)cn1. The normalized spacial score (nSPS) is 15.5. The van der Waals surface area contributed by atoms with Gasteiger partial charge in [0.2, 0.25) is 5.88 Å². The number of aryl methyl sites for hydroxylation is 1. The predicted octanol–water partition coefficient (Wildman–Crippen LogP) is 4.36. The summed E-state index contributed by atoms with van der Waals surface area (Å²) in [4.78, 5) is 20.8. The van der Waals surface area contributed by atoms with Crippen LogP contribution in [0.1, 0.15) is 41.8 Å². The van der Waals surface area contributed by atoms with Crippen molar-refractivity contribution in [1.29, 1.82) is 0 Å². The molecule has 0 aliphatic heterocycles. The summed E-state index contributed by atoms with van der Waals surface area (Å²) in [5.74, 6) is -0.0105. The van der Waals surface area contributed by atoms with Crippen molar-refractivity contribution in [3.05, 3.63) is 77.5 Å². The van der Waals surface area contributed by atoms with Crippen LogP contribution in [-0.2, 0) is 12.8 Å². The molecule has 5 nitrogen and oxygen atoms in total. The molecule has 1 aliphatic rings. The Morgan fingerprint density at radius 3 is 2.77 bits per heavy atom. The lowest BCUT2D eigenvalue weighted by molar-refractivity contribution is 0.0933. The molecule has 0 radical (unpaired) electrons. The van der Waals surface area contributed by atoms with E-state index >= 15 is 0 Å². The molecule has 1 N–H and O–H groups in total. The monoisotopic (exact) mass is 405 g/mol. The summed E-state index contributed by atoms with van der Waals surface area (Å²) in [6.07, 6.45) is 6.71. The number of hydrogen-bond acceptors (Lipinski definition) is 4. The first kappa shape index (κ1) is 20.0. The molecule has 1 aromatic carbocycles. The molecule has 30 heavy (non-hydrogen) atoms. The minimum absolute atomic E-state index is 0.0253. The summed E-state index contributed by atoms with van der Waals surface area (Å²) in [5, 5.41) is 3.10. The van der Waals surface area contributed by atoms with Crippen LogP contribution < -0.4 is 10.1 Å². The van der Waals surface area contributed by atoms with Gasteiger partial charge in [0.05, 0.1) is 17.9 Å². The molecule has 0 spiro atoms. The van der Waals surface area contributed by atoms with Crippen LogP contribution in [0.25, 0.3) is 11.1 Å². The number of ether oxygens (including phenoxy) is 1. The van der Waals surface area contributed by atoms with E-state index in [0.29, 0.717) is 23.4 Å². The maximum Gasteiger partial charge on any atom is 0.253 e. The van der Waals surface area contributed by atoms with Crippen molar-refractivity contribution in [2.24, 2.45) is 0 Å². The van der Waals surface area contributed by atoms with E-state index in [1.54, 1.807) is 24.4 Å². The number of carbonyl (C=O) groups excluding carboxylic acids is 1. The van der Waals surface area contributed by atoms with Crippen LogP contribution in [-0.4, -0.2) is 28.0 Å². The fourth-order valence-electron chi connectivity index (χ4n) is 3.85. The highest BCUT2D eigenvalue weighted by molar-refractivity contribution is 5.94. The van der Waals surface area contributed by atoms with Crippen LogP contribution in [0.2, 0.25) is 0 Å². The highest BCUT2D eigenvalue weighted by Crippen LogP contribution is 2.32. The van der Waals surface area contributed by atoms with Gasteiger partial charge in [0.25, 0.3) is 5.91 Å². The molecule has 6 heteroatoms. The van der Waals surface area contributed by atoms with Crippen molar-refractivity contribution < 1.29 is 13.9 Å². The number of nitrogens with one attached hydrogen (secondary N) is 1. The zero-order valence-electron chi connectivity index (χ0n) is 17.1. The average Bonchev–Trinajstić information content (AvgIpc) is 2.74. The van der Waals surface area contributed by atoms with E-state index in [4.69, 9.17) is 4.74 Å². The zero-order chi connectivity index (χ0) is 21.1. The largest absolute Gasteiger partial charge is 0.475 e. The number of amides is 1. The highest BCUT2D eigenvalue weighted by atomic mass is 19.1. The Bertz CT molecular complexity index is 1050. The van der Waals surface area contributed by atoms with Crippen LogP contribution in [0.15, 0.2) is 55.0 Å². The van der Waals surface area contributed by atoms with Crippen molar-refractivity contribution in [3.63, 3.8) is 0 Å². The molecule has 0 fully saturated rings. The first-order valence-electron chi connectivity index (χ1n) is 10.2. The van der Waals surface area contributed by atoms with Crippen LogP contribution in [0, 0.1) is 5.82 Å². The fraction of sp³-hybridized carbons (Fsp3) is 0.292. The van der Waals surface area contributed by atoms with Crippen LogP contribution >= 0.6 is 0 Å². The van der Waals surface area contributed by atoms with Gasteiger partial charge in [-0.3, -0.25) is 9.78 Å². The zero-order valence-corrected chi connectivity index (χ0v) is 17.1. The van der Waals surface area contributed by atoms with Gasteiger partial charge in [-0.25, -0.2) is 9.37 Å².